The number of methoxy groups -OCH3 is 1. The molecule has 1 atom stereocenters. The van der Waals surface area contributed by atoms with Crippen LogP contribution in [-0.4, -0.2) is 15.5 Å². The zero-order valence-electron chi connectivity index (χ0n) is 14.8. The summed E-state index contributed by atoms with van der Waals surface area (Å²) in [6, 6.07) is 14.5. The Bertz CT molecular complexity index is 793. The molecule has 0 fully saturated rings. The molecule has 0 aromatic heterocycles. The first kappa shape index (κ1) is 18.5. The summed E-state index contributed by atoms with van der Waals surface area (Å²) in [7, 11) is -2.23. The molecule has 24 heavy (non-hydrogen) atoms. The standard InChI is InChI=1S/C19H25NO3S/c1-14(15-9-7-6-8-10-15)20-24(21,22)18-13-16(19(2,3)4)11-12-17(18)23-5/h6-14,20H,1-5H3/t14-/m1/s1. The predicted octanol–water partition coefficient (Wildman–Crippen LogP) is 4.03. The van der Waals surface area contributed by atoms with Crippen LogP contribution >= 0.6 is 0 Å². The molecule has 0 bridgehead atoms. The third-order valence-corrected chi connectivity index (χ3v) is 5.51. The van der Waals surface area contributed by atoms with Crippen LogP contribution in [0.4, 0.5) is 0 Å². The summed E-state index contributed by atoms with van der Waals surface area (Å²) in [5, 5.41) is 0. The van der Waals surface area contributed by atoms with E-state index in [0.29, 0.717) is 5.75 Å². The molecule has 5 heteroatoms. The maximum Gasteiger partial charge on any atom is 0.244 e. The Morgan fingerprint density at radius 1 is 1.04 bits per heavy atom. The molecule has 130 valence electrons. The first-order chi connectivity index (χ1) is 11.1. The van der Waals surface area contributed by atoms with Gasteiger partial charge in [-0.1, -0.05) is 57.2 Å². The normalized spacial score (nSPS) is 13.5. The summed E-state index contributed by atoms with van der Waals surface area (Å²) < 4.78 is 33.8. The summed E-state index contributed by atoms with van der Waals surface area (Å²) in [5.41, 5.74) is 1.70. The first-order valence-electron chi connectivity index (χ1n) is 7.91. The number of ether oxygens (including phenoxy) is 1. The van der Waals surface area contributed by atoms with Gasteiger partial charge < -0.3 is 4.74 Å². The molecule has 2 rings (SSSR count). The Balaban J connectivity index is 2.41. The lowest BCUT2D eigenvalue weighted by Gasteiger charge is -2.22. The predicted molar refractivity (Wildman–Crippen MR) is 96.9 cm³/mol. The molecule has 4 nitrogen and oxygen atoms in total. The van der Waals surface area contributed by atoms with E-state index in [0.717, 1.165) is 11.1 Å². The number of hydrogen-bond donors (Lipinski definition) is 1. The Morgan fingerprint density at radius 2 is 1.67 bits per heavy atom. The molecule has 1 N–H and O–H groups in total. The molecule has 2 aromatic rings. The average Bonchev–Trinajstić information content (AvgIpc) is 2.53. The van der Waals surface area contributed by atoms with Gasteiger partial charge in [0.1, 0.15) is 10.6 Å². The van der Waals surface area contributed by atoms with E-state index in [1.165, 1.54) is 7.11 Å². The van der Waals surface area contributed by atoms with Crippen molar-refractivity contribution in [2.24, 2.45) is 0 Å². The number of sulfonamides is 1. The van der Waals surface area contributed by atoms with Gasteiger partial charge in [0, 0.05) is 6.04 Å². The van der Waals surface area contributed by atoms with Gasteiger partial charge in [-0.2, -0.15) is 0 Å². The Morgan fingerprint density at radius 3 is 2.21 bits per heavy atom. The van der Waals surface area contributed by atoms with Gasteiger partial charge in [-0.3, -0.25) is 0 Å². The largest absolute Gasteiger partial charge is 0.495 e. The van der Waals surface area contributed by atoms with Crippen molar-refractivity contribution in [3.05, 3.63) is 59.7 Å². The fourth-order valence-electron chi connectivity index (χ4n) is 2.46. The van der Waals surface area contributed by atoms with Crippen LogP contribution in [0, 0.1) is 0 Å². The lowest BCUT2D eigenvalue weighted by atomic mass is 9.87. The highest BCUT2D eigenvalue weighted by molar-refractivity contribution is 7.89. The summed E-state index contributed by atoms with van der Waals surface area (Å²) >= 11 is 0. The van der Waals surface area contributed by atoms with Crippen LogP contribution in [0.25, 0.3) is 0 Å². The van der Waals surface area contributed by atoms with Crippen molar-refractivity contribution in [3.8, 4) is 5.75 Å². The second-order valence-electron chi connectivity index (χ2n) is 6.87. The summed E-state index contributed by atoms with van der Waals surface area (Å²) in [5.74, 6) is 0.343. The molecule has 0 aliphatic heterocycles. The smallest absolute Gasteiger partial charge is 0.244 e. The second-order valence-corrected chi connectivity index (χ2v) is 8.55. The molecule has 0 aliphatic rings. The molecule has 0 saturated heterocycles. The van der Waals surface area contributed by atoms with Crippen LogP contribution in [0.5, 0.6) is 5.75 Å². The van der Waals surface area contributed by atoms with Gasteiger partial charge in [-0.15, -0.1) is 0 Å². The SMILES string of the molecule is COc1ccc(C(C)(C)C)cc1S(=O)(=O)N[C@H](C)c1ccccc1. The molecule has 0 amide bonds. The molecule has 2 aromatic carbocycles. The number of nitrogens with one attached hydrogen (secondary N) is 1. The van der Waals surface area contributed by atoms with Gasteiger partial charge in [0.2, 0.25) is 10.0 Å². The van der Waals surface area contributed by atoms with Gasteiger partial charge in [0.15, 0.2) is 0 Å². The molecule has 0 heterocycles. The minimum atomic E-state index is -3.71. The van der Waals surface area contributed by atoms with E-state index in [1.54, 1.807) is 12.1 Å². The van der Waals surface area contributed by atoms with E-state index in [2.05, 4.69) is 4.72 Å². The summed E-state index contributed by atoms with van der Waals surface area (Å²) in [4.78, 5) is 0.167. The van der Waals surface area contributed by atoms with Crippen LogP contribution in [0.15, 0.2) is 53.4 Å². The summed E-state index contributed by atoms with van der Waals surface area (Å²) in [6.45, 7) is 7.97. The summed E-state index contributed by atoms with van der Waals surface area (Å²) in [6.07, 6.45) is 0. The van der Waals surface area contributed by atoms with Crippen LogP contribution in [0.2, 0.25) is 0 Å². The van der Waals surface area contributed by atoms with Crippen LogP contribution < -0.4 is 9.46 Å². The van der Waals surface area contributed by atoms with Crippen molar-refractivity contribution in [1.29, 1.82) is 0 Å². The lowest BCUT2D eigenvalue weighted by Crippen LogP contribution is -2.27. The first-order valence-corrected chi connectivity index (χ1v) is 9.39. The fraction of sp³-hybridized carbons (Fsp3) is 0.368. The Kier molecular flexibility index (Phi) is 5.35. The highest BCUT2D eigenvalue weighted by Gasteiger charge is 2.25. The van der Waals surface area contributed by atoms with Crippen molar-refractivity contribution in [2.45, 2.75) is 44.0 Å². The van der Waals surface area contributed by atoms with Crippen LogP contribution in [-0.2, 0) is 15.4 Å². The number of hydrogen-bond acceptors (Lipinski definition) is 3. The van der Waals surface area contributed by atoms with E-state index >= 15 is 0 Å². The molecule has 0 aliphatic carbocycles. The molecular weight excluding hydrogens is 322 g/mol. The third kappa shape index (κ3) is 4.16. The van der Waals surface area contributed by atoms with Crippen molar-refractivity contribution in [2.75, 3.05) is 7.11 Å². The fourth-order valence-corrected chi connectivity index (χ4v) is 3.89. The van der Waals surface area contributed by atoms with Crippen molar-refractivity contribution < 1.29 is 13.2 Å². The maximum atomic E-state index is 12.9. The molecule has 0 radical (unpaired) electrons. The lowest BCUT2D eigenvalue weighted by molar-refractivity contribution is 0.401. The van der Waals surface area contributed by atoms with E-state index in [9.17, 15) is 8.42 Å². The highest BCUT2D eigenvalue weighted by Crippen LogP contribution is 2.31. The monoisotopic (exact) mass is 347 g/mol. The van der Waals surface area contributed by atoms with Crippen LogP contribution in [0.1, 0.15) is 44.9 Å². The van der Waals surface area contributed by atoms with Crippen molar-refractivity contribution >= 4 is 10.0 Å². The van der Waals surface area contributed by atoms with E-state index in [1.807, 2.05) is 64.1 Å². The van der Waals surface area contributed by atoms with Gasteiger partial charge in [-0.05, 0) is 35.6 Å². The van der Waals surface area contributed by atoms with E-state index in [-0.39, 0.29) is 16.4 Å². The third-order valence-electron chi connectivity index (χ3n) is 3.95. The quantitative estimate of drug-likeness (QED) is 0.888. The minimum absolute atomic E-state index is 0.151. The van der Waals surface area contributed by atoms with Gasteiger partial charge >= 0.3 is 0 Å². The van der Waals surface area contributed by atoms with Gasteiger partial charge in [0.25, 0.3) is 0 Å². The zero-order chi connectivity index (χ0) is 18.0. The minimum Gasteiger partial charge on any atom is -0.495 e. The number of rotatable bonds is 5. The molecular formula is C19H25NO3S. The zero-order valence-corrected chi connectivity index (χ0v) is 15.6. The Hall–Kier alpha value is -1.85. The van der Waals surface area contributed by atoms with Crippen molar-refractivity contribution in [1.82, 2.24) is 4.72 Å². The van der Waals surface area contributed by atoms with Crippen LogP contribution in [0.3, 0.4) is 0 Å². The Labute approximate surface area is 144 Å². The van der Waals surface area contributed by atoms with Crippen molar-refractivity contribution in [3.63, 3.8) is 0 Å². The average molecular weight is 347 g/mol. The van der Waals surface area contributed by atoms with E-state index < -0.39 is 10.0 Å². The van der Waals surface area contributed by atoms with Gasteiger partial charge in [-0.25, -0.2) is 13.1 Å². The number of benzene rings is 2. The second kappa shape index (κ2) is 6.95. The molecule has 0 unspecified atom stereocenters. The maximum absolute atomic E-state index is 12.9. The topological polar surface area (TPSA) is 55.4 Å². The van der Waals surface area contributed by atoms with E-state index in [4.69, 9.17) is 4.74 Å². The van der Waals surface area contributed by atoms with Gasteiger partial charge in [0.05, 0.1) is 7.11 Å². The molecule has 0 spiro atoms. The highest BCUT2D eigenvalue weighted by atomic mass is 32.2. The molecule has 0 saturated carbocycles.